The number of carbonyl (C=O) groups excluding carboxylic acids is 1. The number of carbonyl (C=O) groups is 1. The predicted molar refractivity (Wildman–Crippen MR) is 69.9 cm³/mol. The van der Waals surface area contributed by atoms with E-state index >= 15 is 0 Å². The molecule has 1 N–H and O–H groups in total. The van der Waals surface area contributed by atoms with Crippen molar-refractivity contribution >= 4 is 5.91 Å². The van der Waals surface area contributed by atoms with Gasteiger partial charge in [0.1, 0.15) is 5.82 Å². The Hall–Kier alpha value is -1.36. The zero-order valence-corrected chi connectivity index (χ0v) is 11.2. The number of nitrogens with zero attached hydrogens (tertiary/aromatic N) is 3. The number of aryl methyl sites for hydroxylation is 1. The van der Waals surface area contributed by atoms with Gasteiger partial charge in [0, 0.05) is 39.0 Å². The minimum absolute atomic E-state index is 0.0589. The minimum atomic E-state index is 0.0589. The molecule has 0 radical (unpaired) electrons. The van der Waals surface area contributed by atoms with Crippen LogP contribution in [0.5, 0.6) is 0 Å². The summed E-state index contributed by atoms with van der Waals surface area (Å²) in [5, 5.41) is 2.88. The van der Waals surface area contributed by atoms with Crippen molar-refractivity contribution in [3.8, 4) is 0 Å². The lowest BCUT2D eigenvalue weighted by molar-refractivity contribution is -0.119. The van der Waals surface area contributed by atoms with Gasteiger partial charge >= 0.3 is 0 Å². The molecule has 1 saturated heterocycles. The molecule has 1 aliphatic heterocycles. The van der Waals surface area contributed by atoms with Gasteiger partial charge in [-0.25, -0.2) is 4.98 Å². The monoisotopic (exact) mass is 250 g/mol. The second-order valence-corrected chi connectivity index (χ2v) is 4.99. The highest BCUT2D eigenvalue weighted by Gasteiger charge is 2.24. The van der Waals surface area contributed by atoms with Crippen LogP contribution in [0.4, 0.5) is 0 Å². The molecule has 100 valence electrons. The Balaban J connectivity index is 1.84. The third kappa shape index (κ3) is 3.32. The molecule has 5 nitrogen and oxygen atoms in total. The van der Waals surface area contributed by atoms with Crippen molar-refractivity contribution in [2.75, 3.05) is 13.1 Å². The quantitative estimate of drug-likeness (QED) is 0.845. The Kier molecular flexibility index (Phi) is 4.36. The van der Waals surface area contributed by atoms with Crippen LogP contribution in [-0.4, -0.2) is 39.5 Å². The standard InChI is InChI=1S/C13H22N4O/c1-11(18)14-6-5-12-4-3-8-17(12)10-13-15-7-9-16(13)2/h7,9,12H,3-6,8,10H2,1-2H3,(H,14,18)/t12-/m0/s1. The smallest absolute Gasteiger partial charge is 0.216 e. The third-order valence-electron chi connectivity index (χ3n) is 3.62. The van der Waals surface area contributed by atoms with Crippen LogP contribution in [0.2, 0.25) is 0 Å². The first-order valence-electron chi connectivity index (χ1n) is 6.61. The zero-order valence-electron chi connectivity index (χ0n) is 11.2. The summed E-state index contributed by atoms with van der Waals surface area (Å²) in [6, 6.07) is 0.577. The van der Waals surface area contributed by atoms with Gasteiger partial charge in [-0.05, 0) is 25.8 Å². The minimum Gasteiger partial charge on any atom is -0.356 e. The molecule has 1 aliphatic rings. The molecule has 1 atom stereocenters. The summed E-state index contributed by atoms with van der Waals surface area (Å²) in [6.07, 6.45) is 7.33. The Labute approximate surface area is 108 Å². The molecule has 18 heavy (non-hydrogen) atoms. The predicted octanol–water partition coefficient (Wildman–Crippen LogP) is 0.911. The first-order valence-corrected chi connectivity index (χ1v) is 6.61. The summed E-state index contributed by atoms with van der Waals surface area (Å²) < 4.78 is 2.07. The van der Waals surface area contributed by atoms with Crippen molar-refractivity contribution in [2.45, 2.75) is 38.8 Å². The molecule has 1 amide bonds. The number of hydrogen-bond donors (Lipinski definition) is 1. The van der Waals surface area contributed by atoms with E-state index in [9.17, 15) is 4.79 Å². The zero-order chi connectivity index (χ0) is 13.0. The Morgan fingerprint density at radius 2 is 2.44 bits per heavy atom. The third-order valence-corrected chi connectivity index (χ3v) is 3.62. The van der Waals surface area contributed by atoms with Gasteiger partial charge in [0.05, 0.1) is 6.54 Å². The molecule has 0 unspecified atom stereocenters. The molecule has 0 aromatic carbocycles. The van der Waals surface area contributed by atoms with Crippen molar-refractivity contribution in [1.29, 1.82) is 0 Å². The Morgan fingerprint density at radius 3 is 3.11 bits per heavy atom. The normalized spacial score (nSPS) is 20.2. The first-order chi connectivity index (χ1) is 8.66. The highest BCUT2D eigenvalue weighted by atomic mass is 16.1. The maximum absolute atomic E-state index is 10.9. The van der Waals surface area contributed by atoms with Crippen LogP contribution in [0.3, 0.4) is 0 Å². The maximum atomic E-state index is 10.9. The average molecular weight is 250 g/mol. The first kappa shape index (κ1) is 13.1. The van der Waals surface area contributed by atoms with Gasteiger partial charge in [-0.3, -0.25) is 9.69 Å². The van der Waals surface area contributed by atoms with Crippen molar-refractivity contribution in [2.24, 2.45) is 7.05 Å². The largest absolute Gasteiger partial charge is 0.356 e. The van der Waals surface area contributed by atoms with E-state index in [4.69, 9.17) is 0 Å². The fourth-order valence-corrected chi connectivity index (χ4v) is 2.58. The molecule has 1 fully saturated rings. The number of nitrogens with one attached hydrogen (secondary N) is 1. The van der Waals surface area contributed by atoms with E-state index in [-0.39, 0.29) is 5.91 Å². The number of hydrogen-bond acceptors (Lipinski definition) is 3. The van der Waals surface area contributed by atoms with Gasteiger partial charge < -0.3 is 9.88 Å². The summed E-state index contributed by atoms with van der Waals surface area (Å²) in [4.78, 5) is 17.7. The fourth-order valence-electron chi connectivity index (χ4n) is 2.58. The summed E-state index contributed by atoms with van der Waals surface area (Å²) >= 11 is 0. The molecular formula is C13H22N4O. The molecular weight excluding hydrogens is 228 g/mol. The van der Waals surface area contributed by atoms with Gasteiger partial charge in [-0.2, -0.15) is 0 Å². The second-order valence-electron chi connectivity index (χ2n) is 4.99. The number of imidazole rings is 1. The number of amides is 1. The summed E-state index contributed by atoms with van der Waals surface area (Å²) in [7, 11) is 2.03. The highest BCUT2D eigenvalue weighted by Crippen LogP contribution is 2.21. The molecule has 5 heteroatoms. The van der Waals surface area contributed by atoms with Gasteiger partial charge in [0.2, 0.25) is 5.91 Å². The van der Waals surface area contributed by atoms with Gasteiger partial charge in [-0.15, -0.1) is 0 Å². The van der Waals surface area contributed by atoms with Gasteiger partial charge in [0.15, 0.2) is 0 Å². The number of rotatable bonds is 5. The topological polar surface area (TPSA) is 50.2 Å². The van der Waals surface area contributed by atoms with E-state index in [1.165, 1.54) is 12.8 Å². The Bertz CT molecular complexity index is 401. The van der Waals surface area contributed by atoms with E-state index in [0.717, 1.165) is 31.9 Å². The Morgan fingerprint density at radius 1 is 1.61 bits per heavy atom. The molecule has 0 bridgehead atoms. The van der Waals surface area contributed by atoms with Crippen LogP contribution < -0.4 is 5.32 Å². The van der Waals surface area contributed by atoms with Crippen LogP contribution in [0.1, 0.15) is 32.0 Å². The summed E-state index contributed by atoms with van der Waals surface area (Å²) in [5.74, 6) is 1.17. The van der Waals surface area contributed by atoms with Crippen LogP contribution in [0.15, 0.2) is 12.4 Å². The van der Waals surface area contributed by atoms with E-state index in [1.807, 2.05) is 19.4 Å². The number of likely N-dealkylation sites (tertiary alicyclic amines) is 1. The van der Waals surface area contributed by atoms with E-state index < -0.39 is 0 Å². The number of aromatic nitrogens is 2. The maximum Gasteiger partial charge on any atom is 0.216 e. The van der Waals surface area contributed by atoms with Crippen LogP contribution in [-0.2, 0) is 18.4 Å². The van der Waals surface area contributed by atoms with E-state index in [0.29, 0.717) is 6.04 Å². The molecule has 2 rings (SSSR count). The molecule has 0 saturated carbocycles. The molecule has 1 aromatic heterocycles. The molecule has 2 heterocycles. The highest BCUT2D eigenvalue weighted by molar-refractivity contribution is 5.72. The summed E-state index contributed by atoms with van der Waals surface area (Å²) in [6.45, 7) is 4.39. The van der Waals surface area contributed by atoms with Crippen molar-refractivity contribution in [1.82, 2.24) is 19.8 Å². The van der Waals surface area contributed by atoms with Crippen LogP contribution in [0, 0.1) is 0 Å². The van der Waals surface area contributed by atoms with E-state index in [2.05, 4.69) is 19.8 Å². The van der Waals surface area contributed by atoms with E-state index in [1.54, 1.807) is 6.92 Å². The lowest BCUT2D eigenvalue weighted by Gasteiger charge is -2.24. The SMILES string of the molecule is CC(=O)NCC[C@@H]1CCCN1Cc1nccn1C. The van der Waals surface area contributed by atoms with Crippen LogP contribution >= 0.6 is 0 Å². The van der Waals surface area contributed by atoms with Crippen molar-refractivity contribution < 1.29 is 4.79 Å². The van der Waals surface area contributed by atoms with Crippen molar-refractivity contribution in [3.05, 3.63) is 18.2 Å². The average Bonchev–Trinajstić information content (AvgIpc) is 2.90. The van der Waals surface area contributed by atoms with Crippen LogP contribution in [0.25, 0.3) is 0 Å². The molecule has 0 spiro atoms. The molecule has 0 aliphatic carbocycles. The van der Waals surface area contributed by atoms with Crippen molar-refractivity contribution in [3.63, 3.8) is 0 Å². The fraction of sp³-hybridized carbons (Fsp3) is 0.692. The summed E-state index contributed by atoms with van der Waals surface area (Å²) in [5.41, 5.74) is 0. The molecule has 1 aromatic rings. The lowest BCUT2D eigenvalue weighted by Crippen LogP contribution is -2.33. The lowest BCUT2D eigenvalue weighted by atomic mass is 10.1. The van der Waals surface area contributed by atoms with Gasteiger partial charge in [-0.1, -0.05) is 0 Å². The van der Waals surface area contributed by atoms with Gasteiger partial charge in [0.25, 0.3) is 0 Å². The second kappa shape index (κ2) is 6.00.